The first-order chi connectivity index (χ1) is 11.4. The fourth-order valence-electron chi connectivity index (χ4n) is 3.26. The maximum absolute atomic E-state index is 6.01. The van der Waals surface area contributed by atoms with E-state index in [9.17, 15) is 0 Å². The molecule has 1 atom stereocenters. The van der Waals surface area contributed by atoms with Gasteiger partial charge in [0.1, 0.15) is 0 Å². The van der Waals surface area contributed by atoms with Crippen molar-refractivity contribution in [3.05, 3.63) is 12.7 Å². The Morgan fingerprint density at radius 1 is 0.833 bits per heavy atom. The van der Waals surface area contributed by atoms with E-state index in [0.29, 0.717) is 0 Å². The second-order valence-electron chi connectivity index (χ2n) is 7.11. The Morgan fingerprint density at radius 2 is 1.38 bits per heavy atom. The molecule has 146 valence electrons. The summed E-state index contributed by atoms with van der Waals surface area (Å²) < 4.78 is 12.0. The van der Waals surface area contributed by atoms with Crippen LogP contribution in [0.3, 0.4) is 0 Å². The van der Waals surface area contributed by atoms with Gasteiger partial charge in [-0.2, -0.15) is 0 Å². The third-order valence-electron chi connectivity index (χ3n) is 4.87. The van der Waals surface area contributed by atoms with E-state index < -0.39 is 0 Å². The van der Waals surface area contributed by atoms with Crippen molar-refractivity contribution < 1.29 is 9.47 Å². The van der Waals surface area contributed by atoms with E-state index in [1.165, 1.54) is 38.5 Å². The topological polar surface area (TPSA) is 18.5 Å². The first-order valence-electron chi connectivity index (χ1n) is 10.2. The molecule has 0 aliphatic carbocycles. The molecule has 0 aromatic heterocycles. The van der Waals surface area contributed by atoms with Gasteiger partial charge in [-0.25, -0.2) is 0 Å². The van der Waals surface area contributed by atoms with Crippen molar-refractivity contribution in [3.63, 3.8) is 0 Å². The molecular weight excluding hydrogens is 296 g/mol. The molecule has 0 aromatic carbocycles. The lowest BCUT2D eigenvalue weighted by Crippen LogP contribution is -2.53. The lowest BCUT2D eigenvalue weighted by molar-refractivity contribution is -0.186. The van der Waals surface area contributed by atoms with Crippen LogP contribution < -0.4 is 0 Å². The van der Waals surface area contributed by atoms with Gasteiger partial charge in [-0.1, -0.05) is 71.8 Å². The largest absolute Gasteiger partial charge is 0.375 e. The summed E-state index contributed by atoms with van der Waals surface area (Å²) in [6.07, 6.45) is 14.3. The fraction of sp³-hybridized carbons (Fsp3) is 0.909. The zero-order chi connectivity index (χ0) is 18.9. The van der Waals surface area contributed by atoms with Crippen molar-refractivity contribution in [2.24, 2.45) is 0 Å². The van der Waals surface area contributed by atoms with Crippen LogP contribution in [0, 0.1) is 0 Å². The first-order valence-corrected chi connectivity index (χ1v) is 10.2. The Morgan fingerprint density at radius 3 is 1.79 bits per heavy atom. The van der Waals surface area contributed by atoms with Crippen molar-refractivity contribution in [2.45, 2.75) is 117 Å². The summed E-state index contributed by atoms with van der Waals surface area (Å²) in [7, 11) is 1.85. The van der Waals surface area contributed by atoms with Crippen LogP contribution in [0.15, 0.2) is 12.7 Å². The van der Waals surface area contributed by atoms with Gasteiger partial charge in [0.2, 0.25) is 0 Å². The molecule has 2 nitrogen and oxygen atoms in total. The van der Waals surface area contributed by atoms with Gasteiger partial charge in [0, 0.05) is 13.7 Å². The molecule has 0 N–H and O–H groups in total. The normalized spacial score (nSPS) is 13.8. The third kappa shape index (κ3) is 10.5. The molecule has 0 saturated heterocycles. The van der Waals surface area contributed by atoms with Crippen molar-refractivity contribution in [1.29, 1.82) is 0 Å². The van der Waals surface area contributed by atoms with Crippen molar-refractivity contribution in [1.82, 2.24) is 0 Å². The van der Waals surface area contributed by atoms with Crippen LogP contribution in [0.5, 0.6) is 0 Å². The van der Waals surface area contributed by atoms with E-state index in [-0.39, 0.29) is 11.2 Å². The summed E-state index contributed by atoms with van der Waals surface area (Å²) in [5, 5.41) is 0. The maximum atomic E-state index is 6.01. The van der Waals surface area contributed by atoms with Crippen molar-refractivity contribution in [3.8, 4) is 0 Å². The molecule has 24 heavy (non-hydrogen) atoms. The molecule has 0 saturated carbocycles. The predicted octanol–water partition coefficient (Wildman–Crippen LogP) is 7.32. The summed E-state index contributed by atoms with van der Waals surface area (Å²) in [5.41, 5.74) is -0.349. The SMILES string of the molecule is C=CCC.CCCCCCCCC(CCC)(OC)C(C)(C)OCC. The molecule has 0 fully saturated rings. The molecule has 0 heterocycles. The fourth-order valence-corrected chi connectivity index (χ4v) is 3.26. The summed E-state index contributed by atoms with van der Waals surface area (Å²) in [6, 6.07) is 0. The molecular formula is C22H46O2. The quantitative estimate of drug-likeness (QED) is 0.243. The van der Waals surface area contributed by atoms with Crippen LogP contribution in [-0.4, -0.2) is 24.9 Å². The summed E-state index contributed by atoms with van der Waals surface area (Å²) in [4.78, 5) is 0. The Labute approximate surface area is 153 Å². The minimum atomic E-state index is -0.212. The van der Waals surface area contributed by atoms with E-state index >= 15 is 0 Å². The Kier molecular flexibility index (Phi) is 17.4. The number of unbranched alkanes of at least 4 members (excludes halogenated alkanes) is 5. The molecule has 2 heteroatoms. The molecule has 0 aliphatic rings. The van der Waals surface area contributed by atoms with Crippen LogP contribution in [0.4, 0.5) is 0 Å². The molecule has 0 radical (unpaired) electrons. The van der Waals surface area contributed by atoms with Crippen LogP contribution in [-0.2, 0) is 9.47 Å². The van der Waals surface area contributed by atoms with E-state index in [1.807, 2.05) is 13.2 Å². The van der Waals surface area contributed by atoms with Crippen molar-refractivity contribution in [2.75, 3.05) is 13.7 Å². The van der Waals surface area contributed by atoms with E-state index in [4.69, 9.17) is 9.47 Å². The minimum absolute atomic E-state index is 0.136. The summed E-state index contributed by atoms with van der Waals surface area (Å²) in [6.45, 7) is 17.2. The van der Waals surface area contributed by atoms with E-state index in [0.717, 1.165) is 32.3 Å². The number of hydrogen-bond donors (Lipinski definition) is 0. The maximum Gasteiger partial charge on any atom is 0.0961 e. The molecule has 0 aliphatic heterocycles. The molecule has 1 unspecified atom stereocenters. The number of rotatable bonds is 14. The van der Waals surface area contributed by atoms with Gasteiger partial charge in [0.25, 0.3) is 0 Å². The van der Waals surface area contributed by atoms with Gasteiger partial charge in [-0.05, 0) is 40.0 Å². The Bertz CT molecular complexity index is 273. The smallest absolute Gasteiger partial charge is 0.0961 e. The molecule has 0 aromatic rings. The van der Waals surface area contributed by atoms with Gasteiger partial charge < -0.3 is 9.47 Å². The number of methoxy groups -OCH3 is 1. The van der Waals surface area contributed by atoms with Crippen LogP contribution in [0.1, 0.15) is 106 Å². The van der Waals surface area contributed by atoms with E-state index in [1.54, 1.807) is 0 Å². The van der Waals surface area contributed by atoms with Crippen LogP contribution >= 0.6 is 0 Å². The Hall–Kier alpha value is -0.340. The third-order valence-corrected chi connectivity index (χ3v) is 4.87. The highest BCUT2D eigenvalue weighted by Gasteiger charge is 2.44. The second kappa shape index (κ2) is 16.1. The van der Waals surface area contributed by atoms with Crippen molar-refractivity contribution >= 4 is 0 Å². The van der Waals surface area contributed by atoms with Crippen LogP contribution in [0.25, 0.3) is 0 Å². The van der Waals surface area contributed by atoms with Gasteiger partial charge in [-0.3, -0.25) is 0 Å². The zero-order valence-electron chi connectivity index (χ0n) is 17.9. The highest BCUT2D eigenvalue weighted by atomic mass is 16.6. The number of ether oxygens (including phenoxy) is 2. The highest BCUT2D eigenvalue weighted by Crippen LogP contribution is 2.38. The second-order valence-corrected chi connectivity index (χ2v) is 7.11. The lowest BCUT2D eigenvalue weighted by Gasteiger charge is -2.45. The molecule has 0 amide bonds. The van der Waals surface area contributed by atoms with Gasteiger partial charge >= 0.3 is 0 Å². The minimum Gasteiger partial charge on any atom is -0.375 e. The lowest BCUT2D eigenvalue weighted by atomic mass is 9.77. The van der Waals surface area contributed by atoms with Gasteiger partial charge in [-0.15, -0.1) is 6.58 Å². The predicted molar refractivity (Wildman–Crippen MR) is 109 cm³/mol. The standard InChI is InChI=1S/C18H38O2.C4H8/c1-7-10-11-12-13-14-16-18(19-6,15-8-2)17(4,5)20-9-3;1-3-4-2/h7-16H2,1-6H3;3H,1,4H2,2H3. The molecule has 0 bridgehead atoms. The summed E-state index contributed by atoms with van der Waals surface area (Å²) >= 11 is 0. The summed E-state index contributed by atoms with van der Waals surface area (Å²) in [5.74, 6) is 0. The number of allylic oxidation sites excluding steroid dienone is 1. The average Bonchev–Trinajstić information content (AvgIpc) is 2.57. The first kappa shape index (κ1) is 25.9. The average molecular weight is 343 g/mol. The Balaban J connectivity index is 0. The van der Waals surface area contributed by atoms with E-state index in [2.05, 4.69) is 48.1 Å². The monoisotopic (exact) mass is 342 g/mol. The van der Waals surface area contributed by atoms with Crippen LogP contribution in [0.2, 0.25) is 0 Å². The number of hydrogen-bond acceptors (Lipinski definition) is 2. The van der Waals surface area contributed by atoms with Gasteiger partial charge in [0.15, 0.2) is 0 Å². The van der Waals surface area contributed by atoms with Gasteiger partial charge in [0.05, 0.1) is 11.2 Å². The zero-order valence-corrected chi connectivity index (χ0v) is 17.9. The molecule has 0 rings (SSSR count). The molecule has 0 spiro atoms. The highest BCUT2D eigenvalue weighted by molar-refractivity contribution is 4.96.